The molecule has 0 aromatic heterocycles. The molecule has 0 aromatic carbocycles. The van der Waals surface area contributed by atoms with Gasteiger partial charge in [0.1, 0.15) is 0 Å². The van der Waals surface area contributed by atoms with Gasteiger partial charge in [-0.2, -0.15) is 0 Å². The lowest BCUT2D eigenvalue weighted by Crippen LogP contribution is -1.85. The molecule has 2 rings (SSSR count). The van der Waals surface area contributed by atoms with Crippen LogP contribution in [0.5, 0.6) is 0 Å². The van der Waals surface area contributed by atoms with Gasteiger partial charge in [0.2, 0.25) is 0 Å². The average molecular weight is 205 g/mol. The summed E-state index contributed by atoms with van der Waals surface area (Å²) < 4.78 is 1.21. The first kappa shape index (κ1) is 5.99. The number of fused-ring (bicyclic) bond motifs is 2. The summed E-state index contributed by atoms with van der Waals surface area (Å²) in [6, 6.07) is 0. The van der Waals surface area contributed by atoms with Gasteiger partial charge >= 0.3 is 0 Å². The Morgan fingerprint density at radius 2 is 2.11 bits per heavy atom. The van der Waals surface area contributed by atoms with Crippen molar-refractivity contribution in [2.45, 2.75) is 6.42 Å². The molecule has 0 N–H and O–H groups in total. The number of halogens is 2. The lowest BCUT2D eigenvalue weighted by atomic mass is 10.2. The maximum absolute atomic E-state index is 5.94. The van der Waals surface area contributed by atoms with Gasteiger partial charge in [-0.15, -0.1) is 0 Å². The number of rotatable bonds is 0. The van der Waals surface area contributed by atoms with Crippen molar-refractivity contribution in [3.8, 4) is 0 Å². The first-order chi connectivity index (χ1) is 4.29. The van der Waals surface area contributed by atoms with E-state index in [0.717, 1.165) is 5.03 Å². The van der Waals surface area contributed by atoms with E-state index in [1.807, 2.05) is 0 Å². The van der Waals surface area contributed by atoms with Crippen molar-refractivity contribution in [3.05, 3.63) is 21.7 Å². The van der Waals surface area contributed by atoms with E-state index < -0.39 is 0 Å². The van der Waals surface area contributed by atoms with E-state index in [9.17, 15) is 0 Å². The van der Waals surface area contributed by atoms with Gasteiger partial charge in [0, 0.05) is 21.4 Å². The molecule has 0 amide bonds. The number of hydrogen-bond acceptors (Lipinski definition) is 0. The van der Waals surface area contributed by atoms with E-state index in [4.69, 9.17) is 11.6 Å². The highest BCUT2D eigenvalue weighted by atomic mass is 79.9. The SMILES string of the molecule is ClC1=C(Br)[C@@H]2C=C[C@H]1C2. The molecule has 0 nitrogen and oxygen atoms in total. The minimum absolute atomic E-state index is 0.533. The molecule has 0 fully saturated rings. The highest BCUT2D eigenvalue weighted by Gasteiger charge is 2.32. The van der Waals surface area contributed by atoms with Gasteiger partial charge in [-0.1, -0.05) is 39.7 Å². The predicted octanol–water partition coefficient (Wildman–Crippen LogP) is 3.04. The van der Waals surface area contributed by atoms with Crippen LogP contribution in [-0.2, 0) is 0 Å². The summed E-state index contributed by atoms with van der Waals surface area (Å²) in [5, 5.41) is 1.02. The summed E-state index contributed by atoms with van der Waals surface area (Å²) in [6.07, 6.45) is 5.61. The lowest BCUT2D eigenvalue weighted by molar-refractivity contribution is 0.724. The average Bonchev–Trinajstić information content (AvgIpc) is 2.37. The topological polar surface area (TPSA) is 0 Å². The third-order valence-electron chi connectivity index (χ3n) is 1.96. The second-order valence-corrected chi connectivity index (χ2v) is 3.79. The van der Waals surface area contributed by atoms with Crippen LogP contribution in [0, 0.1) is 11.8 Å². The van der Waals surface area contributed by atoms with Crippen LogP contribution in [0.2, 0.25) is 0 Å². The van der Waals surface area contributed by atoms with E-state index >= 15 is 0 Å². The Hall–Kier alpha value is 0.250. The third-order valence-corrected chi connectivity index (χ3v) is 3.69. The molecule has 0 saturated carbocycles. The van der Waals surface area contributed by atoms with Crippen LogP contribution in [0.25, 0.3) is 0 Å². The van der Waals surface area contributed by atoms with Gasteiger partial charge in [0.15, 0.2) is 0 Å². The fourth-order valence-electron chi connectivity index (χ4n) is 1.43. The maximum Gasteiger partial charge on any atom is 0.0357 e. The van der Waals surface area contributed by atoms with Gasteiger partial charge < -0.3 is 0 Å². The van der Waals surface area contributed by atoms with Crippen LogP contribution in [0.1, 0.15) is 6.42 Å². The number of hydrogen-bond donors (Lipinski definition) is 0. The fraction of sp³-hybridized carbons (Fsp3) is 0.429. The van der Waals surface area contributed by atoms with E-state index in [-0.39, 0.29) is 0 Å². The summed E-state index contributed by atoms with van der Waals surface area (Å²) in [6.45, 7) is 0. The third kappa shape index (κ3) is 0.714. The zero-order valence-corrected chi connectivity index (χ0v) is 7.11. The summed E-state index contributed by atoms with van der Waals surface area (Å²) >= 11 is 9.40. The molecule has 2 aliphatic rings. The van der Waals surface area contributed by atoms with Crippen LogP contribution in [0.3, 0.4) is 0 Å². The normalized spacial score (nSPS) is 38.9. The van der Waals surface area contributed by atoms with Crippen molar-refractivity contribution in [2.75, 3.05) is 0 Å². The maximum atomic E-state index is 5.94. The predicted molar refractivity (Wildman–Crippen MR) is 42.5 cm³/mol. The van der Waals surface area contributed by atoms with E-state index in [1.165, 1.54) is 10.9 Å². The molecule has 2 bridgehead atoms. The van der Waals surface area contributed by atoms with Crippen molar-refractivity contribution in [1.82, 2.24) is 0 Å². The smallest absolute Gasteiger partial charge is 0.0357 e. The highest BCUT2D eigenvalue weighted by Crippen LogP contribution is 2.47. The molecule has 48 valence electrons. The van der Waals surface area contributed by atoms with Crippen molar-refractivity contribution >= 4 is 27.5 Å². The van der Waals surface area contributed by atoms with Crippen LogP contribution < -0.4 is 0 Å². The molecule has 2 aliphatic carbocycles. The minimum atomic E-state index is 0.533. The van der Waals surface area contributed by atoms with Crippen molar-refractivity contribution in [3.63, 3.8) is 0 Å². The monoisotopic (exact) mass is 204 g/mol. The first-order valence-electron chi connectivity index (χ1n) is 3.02. The van der Waals surface area contributed by atoms with Crippen molar-refractivity contribution in [1.29, 1.82) is 0 Å². The Kier molecular flexibility index (Phi) is 1.24. The molecule has 0 unspecified atom stereocenters. The standard InChI is InChI=1S/C7H6BrCl/c8-6-4-1-2-5(3-4)7(6)9/h1-2,4-5H,3H2/t4-,5+/m1/s1. The Morgan fingerprint density at radius 3 is 2.44 bits per heavy atom. The molecule has 9 heavy (non-hydrogen) atoms. The van der Waals surface area contributed by atoms with Gasteiger partial charge in [0.25, 0.3) is 0 Å². The molecule has 0 spiro atoms. The Labute approximate surface area is 67.7 Å². The minimum Gasteiger partial charge on any atom is -0.0876 e. The van der Waals surface area contributed by atoms with Gasteiger partial charge in [-0.3, -0.25) is 0 Å². The van der Waals surface area contributed by atoms with Crippen molar-refractivity contribution in [2.24, 2.45) is 11.8 Å². The first-order valence-corrected chi connectivity index (χ1v) is 4.19. The molecule has 0 saturated heterocycles. The molecule has 0 radical (unpaired) electrons. The van der Waals surface area contributed by atoms with Gasteiger partial charge in [-0.05, 0) is 6.42 Å². The molecule has 2 heteroatoms. The molecular weight excluding hydrogens is 199 g/mol. The Bertz CT molecular complexity index is 185. The largest absolute Gasteiger partial charge is 0.0876 e. The van der Waals surface area contributed by atoms with Crippen molar-refractivity contribution < 1.29 is 0 Å². The zero-order chi connectivity index (χ0) is 6.43. The summed E-state index contributed by atoms with van der Waals surface area (Å²) in [4.78, 5) is 0. The van der Waals surface area contributed by atoms with E-state index in [2.05, 4.69) is 28.1 Å². The second kappa shape index (κ2) is 1.86. The van der Waals surface area contributed by atoms with Crippen LogP contribution in [0.15, 0.2) is 21.7 Å². The zero-order valence-electron chi connectivity index (χ0n) is 4.77. The second-order valence-electron chi connectivity index (χ2n) is 2.53. The fourth-order valence-corrected chi connectivity index (χ4v) is 2.36. The molecule has 0 heterocycles. The molecule has 0 aliphatic heterocycles. The quantitative estimate of drug-likeness (QED) is 0.533. The van der Waals surface area contributed by atoms with E-state index in [1.54, 1.807) is 0 Å². The Balaban J connectivity index is 2.41. The highest BCUT2D eigenvalue weighted by molar-refractivity contribution is 9.11. The number of allylic oxidation sites excluding steroid dienone is 4. The molecular formula is C7H6BrCl. The van der Waals surface area contributed by atoms with Crippen LogP contribution >= 0.6 is 27.5 Å². The lowest BCUT2D eigenvalue weighted by Gasteiger charge is -2.02. The van der Waals surface area contributed by atoms with Crippen LogP contribution in [-0.4, -0.2) is 0 Å². The summed E-state index contributed by atoms with van der Waals surface area (Å²) in [5.74, 6) is 1.13. The molecule has 2 atom stereocenters. The summed E-state index contributed by atoms with van der Waals surface area (Å²) in [7, 11) is 0. The van der Waals surface area contributed by atoms with Gasteiger partial charge in [0.05, 0.1) is 0 Å². The van der Waals surface area contributed by atoms with Gasteiger partial charge in [-0.25, -0.2) is 0 Å². The summed E-state index contributed by atoms with van der Waals surface area (Å²) in [5.41, 5.74) is 0. The van der Waals surface area contributed by atoms with E-state index in [0.29, 0.717) is 11.8 Å². The Morgan fingerprint density at radius 1 is 1.44 bits per heavy atom. The molecule has 0 aromatic rings. The van der Waals surface area contributed by atoms with Crippen LogP contribution in [0.4, 0.5) is 0 Å².